The van der Waals surface area contributed by atoms with Gasteiger partial charge in [0.15, 0.2) is 5.13 Å². The highest BCUT2D eigenvalue weighted by molar-refractivity contribution is 7.22. The van der Waals surface area contributed by atoms with Gasteiger partial charge in [0.1, 0.15) is 0 Å². The van der Waals surface area contributed by atoms with Crippen molar-refractivity contribution in [3.63, 3.8) is 0 Å². The molecule has 0 aliphatic rings. The van der Waals surface area contributed by atoms with E-state index in [1.165, 1.54) is 16.7 Å². The predicted octanol–water partition coefficient (Wildman–Crippen LogP) is 5.52. The molecule has 3 aromatic rings. The summed E-state index contributed by atoms with van der Waals surface area (Å²) in [6, 6.07) is 10.2. The van der Waals surface area contributed by atoms with E-state index in [2.05, 4.69) is 58.6 Å². The van der Waals surface area contributed by atoms with Gasteiger partial charge in [0, 0.05) is 18.7 Å². The number of thiazole rings is 1. The number of hydrogen-bond acceptors (Lipinski definition) is 4. The number of benzene rings is 2. The van der Waals surface area contributed by atoms with Crippen LogP contribution in [0.4, 0.5) is 5.13 Å². The molecule has 0 spiro atoms. The van der Waals surface area contributed by atoms with Crippen LogP contribution in [0.1, 0.15) is 46.5 Å². The molecule has 0 atom stereocenters. The van der Waals surface area contributed by atoms with Crippen LogP contribution in [0.15, 0.2) is 30.3 Å². The number of amides is 1. The van der Waals surface area contributed by atoms with Gasteiger partial charge >= 0.3 is 0 Å². The maximum atomic E-state index is 13.5. The van der Waals surface area contributed by atoms with Crippen molar-refractivity contribution in [2.45, 2.75) is 41.5 Å². The van der Waals surface area contributed by atoms with Crippen LogP contribution in [0.5, 0.6) is 0 Å². The third-order valence-electron chi connectivity index (χ3n) is 5.84. The molecule has 154 valence electrons. The summed E-state index contributed by atoms with van der Waals surface area (Å²) in [5.74, 6) is 0.0219. The van der Waals surface area contributed by atoms with Gasteiger partial charge in [-0.1, -0.05) is 37.3 Å². The first kappa shape index (κ1) is 21.5. The average molecular weight is 410 g/mol. The highest BCUT2D eigenvalue weighted by Crippen LogP contribution is 2.32. The quantitative estimate of drug-likeness (QED) is 0.516. The molecular formula is C24H31N3OS. The van der Waals surface area contributed by atoms with Gasteiger partial charge in [0.25, 0.3) is 5.91 Å². The maximum Gasteiger partial charge on any atom is 0.260 e. The molecule has 29 heavy (non-hydrogen) atoms. The SMILES string of the molecule is CCN(CC)CCN(C(=O)c1ccc(C)c(C)c1)c1nc2c(C)c(C)ccc2s1. The van der Waals surface area contributed by atoms with Crippen molar-refractivity contribution in [2.75, 3.05) is 31.1 Å². The molecular weight excluding hydrogens is 378 g/mol. The molecule has 5 heteroatoms. The van der Waals surface area contributed by atoms with E-state index < -0.39 is 0 Å². The summed E-state index contributed by atoms with van der Waals surface area (Å²) < 4.78 is 1.13. The van der Waals surface area contributed by atoms with E-state index >= 15 is 0 Å². The Kier molecular flexibility index (Phi) is 6.70. The zero-order valence-corrected chi connectivity index (χ0v) is 19.2. The molecule has 0 aliphatic heterocycles. The summed E-state index contributed by atoms with van der Waals surface area (Å²) in [4.78, 5) is 22.6. The van der Waals surface area contributed by atoms with Crippen molar-refractivity contribution in [3.05, 3.63) is 58.1 Å². The molecule has 1 aromatic heterocycles. The number of rotatable bonds is 7. The van der Waals surface area contributed by atoms with Crippen LogP contribution in [0.2, 0.25) is 0 Å². The van der Waals surface area contributed by atoms with Crippen LogP contribution in [-0.4, -0.2) is 42.0 Å². The minimum atomic E-state index is 0.0219. The fourth-order valence-corrected chi connectivity index (χ4v) is 4.47. The summed E-state index contributed by atoms with van der Waals surface area (Å²) >= 11 is 1.60. The van der Waals surface area contributed by atoms with Gasteiger partial charge in [-0.2, -0.15) is 0 Å². The maximum absolute atomic E-state index is 13.5. The second-order valence-corrected chi connectivity index (χ2v) is 8.64. The van der Waals surface area contributed by atoms with Crippen molar-refractivity contribution in [2.24, 2.45) is 0 Å². The Bertz CT molecular complexity index is 1020. The molecule has 0 bridgehead atoms. The van der Waals surface area contributed by atoms with E-state index in [-0.39, 0.29) is 5.91 Å². The average Bonchev–Trinajstić information content (AvgIpc) is 3.14. The van der Waals surface area contributed by atoms with Gasteiger partial charge in [-0.15, -0.1) is 0 Å². The van der Waals surface area contributed by atoms with Gasteiger partial charge in [-0.05, 0) is 81.2 Å². The van der Waals surface area contributed by atoms with E-state index in [0.29, 0.717) is 6.54 Å². The lowest BCUT2D eigenvalue weighted by molar-refractivity contribution is 0.0983. The molecule has 0 unspecified atom stereocenters. The molecule has 0 N–H and O–H groups in total. The first-order chi connectivity index (χ1) is 13.8. The summed E-state index contributed by atoms with van der Waals surface area (Å²) in [7, 11) is 0. The molecule has 0 aliphatic carbocycles. The normalized spacial score (nSPS) is 11.4. The number of aromatic nitrogens is 1. The molecule has 0 fully saturated rings. The van der Waals surface area contributed by atoms with Crippen molar-refractivity contribution < 1.29 is 4.79 Å². The number of aryl methyl sites for hydroxylation is 4. The number of carbonyl (C=O) groups is 1. The lowest BCUT2D eigenvalue weighted by Crippen LogP contribution is -2.38. The highest BCUT2D eigenvalue weighted by Gasteiger charge is 2.22. The monoisotopic (exact) mass is 409 g/mol. The van der Waals surface area contributed by atoms with E-state index in [4.69, 9.17) is 4.98 Å². The van der Waals surface area contributed by atoms with Crippen LogP contribution in [0.3, 0.4) is 0 Å². The van der Waals surface area contributed by atoms with E-state index in [0.717, 1.165) is 46.1 Å². The number of nitrogens with zero attached hydrogens (tertiary/aromatic N) is 3. The third kappa shape index (κ3) is 4.51. The van der Waals surface area contributed by atoms with Gasteiger partial charge in [0.05, 0.1) is 10.2 Å². The fraction of sp³-hybridized carbons (Fsp3) is 0.417. The topological polar surface area (TPSA) is 36.4 Å². The van der Waals surface area contributed by atoms with Crippen molar-refractivity contribution >= 4 is 32.6 Å². The summed E-state index contributed by atoms with van der Waals surface area (Å²) in [6.07, 6.45) is 0. The molecule has 0 saturated carbocycles. The zero-order valence-electron chi connectivity index (χ0n) is 18.4. The minimum absolute atomic E-state index is 0.0219. The summed E-state index contributed by atoms with van der Waals surface area (Å²) in [6.45, 7) is 16.0. The standard InChI is InChI=1S/C24H31N3OS/c1-7-26(8-2)13-14-27(23(28)20-11-9-16(3)18(5)15-20)24-25-22-19(6)17(4)10-12-21(22)29-24/h9-12,15H,7-8,13-14H2,1-6H3. The number of carbonyl (C=O) groups excluding carboxylic acids is 1. The van der Waals surface area contributed by atoms with Gasteiger partial charge in [-0.3, -0.25) is 9.69 Å². The number of anilines is 1. The van der Waals surface area contributed by atoms with Gasteiger partial charge in [-0.25, -0.2) is 4.98 Å². The predicted molar refractivity (Wildman–Crippen MR) is 124 cm³/mol. The summed E-state index contributed by atoms with van der Waals surface area (Å²) in [5.41, 5.74) is 6.47. The zero-order chi connectivity index (χ0) is 21.1. The molecule has 2 aromatic carbocycles. The molecule has 0 saturated heterocycles. The van der Waals surface area contributed by atoms with E-state index in [9.17, 15) is 4.79 Å². The Morgan fingerprint density at radius 2 is 1.62 bits per heavy atom. The minimum Gasteiger partial charge on any atom is -0.302 e. The first-order valence-electron chi connectivity index (χ1n) is 10.3. The van der Waals surface area contributed by atoms with E-state index in [1.54, 1.807) is 11.3 Å². The van der Waals surface area contributed by atoms with Crippen LogP contribution in [-0.2, 0) is 0 Å². The van der Waals surface area contributed by atoms with Crippen molar-refractivity contribution in [1.29, 1.82) is 0 Å². The Labute approximate surface area is 178 Å². The number of fused-ring (bicyclic) bond motifs is 1. The van der Waals surface area contributed by atoms with Gasteiger partial charge < -0.3 is 4.90 Å². The molecule has 1 amide bonds. The molecule has 0 radical (unpaired) electrons. The van der Waals surface area contributed by atoms with E-state index in [1.807, 2.05) is 23.1 Å². The lowest BCUT2D eigenvalue weighted by Gasteiger charge is -2.25. The number of hydrogen-bond donors (Lipinski definition) is 0. The van der Waals surface area contributed by atoms with Crippen LogP contribution in [0.25, 0.3) is 10.2 Å². The molecule has 3 rings (SSSR count). The molecule has 4 nitrogen and oxygen atoms in total. The molecule has 1 heterocycles. The van der Waals surface area contributed by atoms with Crippen LogP contribution < -0.4 is 4.90 Å². The smallest absolute Gasteiger partial charge is 0.260 e. The second kappa shape index (κ2) is 9.06. The van der Waals surface area contributed by atoms with Gasteiger partial charge in [0.2, 0.25) is 0 Å². The Morgan fingerprint density at radius 1 is 0.931 bits per heavy atom. The highest BCUT2D eigenvalue weighted by atomic mass is 32.1. The fourth-order valence-electron chi connectivity index (χ4n) is 3.43. The Balaban J connectivity index is 2.01. The van der Waals surface area contributed by atoms with Crippen molar-refractivity contribution in [1.82, 2.24) is 9.88 Å². The van der Waals surface area contributed by atoms with Crippen LogP contribution in [0, 0.1) is 27.7 Å². The Hall–Kier alpha value is -2.24. The Morgan fingerprint density at radius 3 is 2.28 bits per heavy atom. The summed E-state index contributed by atoms with van der Waals surface area (Å²) in [5, 5.41) is 0.782. The van der Waals surface area contributed by atoms with Crippen LogP contribution >= 0.6 is 11.3 Å². The van der Waals surface area contributed by atoms with Crippen molar-refractivity contribution in [3.8, 4) is 0 Å². The number of likely N-dealkylation sites (N-methyl/N-ethyl adjacent to an activating group) is 1. The largest absolute Gasteiger partial charge is 0.302 e. The second-order valence-electron chi connectivity index (χ2n) is 7.63. The first-order valence-corrected chi connectivity index (χ1v) is 11.2. The lowest BCUT2D eigenvalue weighted by atomic mass is 10.1. The third-order valence-corrected chi connectivity index (χ3v) is 6.88.